The first-order valence-electron chi connectivity index (χ1n) is 9.36. The lowest BCUT2D eigenvalue weighted by Crippen LogP contribution is -2.35. The van der Waals surface area contributed by atoms with Crippen LogP contribution in [-0.4, -0.2) is 31.1 Å². The molecule has 1 heterocycles. The zero-order valence-corrected chi connectivity index (χ0v) is 17.3. The number of nitrogens with zero attached hydrogens (tertiary/aromatic N) is 1. The van der Waals surface area contributed by atoms with E-state index in [0.29, 0.717) is 0 Å². The first-order chi connectivity index (χ1) is 11.8. The summed E-state index contributed by atoms with van der Waals surface area (Å²) in [6, 6.07) is 19.6. The molecule has 144 valence electrons. The number of likely N-dealkylation sites (tertiary alicyclic amines) is 1. The van der Waals surface area contributed by atoms with Crippen LogP contribution in [0.1, 0.15) is 30.4 Å². The van der Waals surface area contributed by atoms with Gasteiger partial charge in [0.1, 0.15) is 0 Å². The highest BCUT2D eigenvalue weighted by molar-refractivity contribution is 5.85. The molecule has 1 saturated heterocycles. The quantitative estimate of drug-likeness (QED) is 0.615. The lowest BCUT2D eigenvalue weighted by Gasteiger charge is -2.32. The van der Waals surface area contributed by atoms with Crippen molar-refractivity contribution >= 4 is 30.5 Å². The minimum absolute atomic E-state index is 0. The monoisotopic (exact) mass is 394 g/mol. The van der Waals surface area contributed by atoms with E-state index in [0.717, 1.165) is 12.5 Å². The van der Waals surface area contributed by atoms with Crippen molar-refractivity contribution in [1.82, 2.24) is 4.90 Å². The van der Waals surface area contributed by atoms with Gasteiger partial charge < -0.3 is 10.2 Å². The highest BCUT2D eigenvalue weighted by Gasteiger charge is 2.18. The SMILES string of the molecule is Cc1cccc(NCCCN2CCC(Cc3ccccc3)CC2)c1.Cl.Cl. The van der Waals surface area contributed by atoms with Gasteiger partial charge in [0.15, 0.2) is 0 Å². The number of piperidine rings is 1. The van der Waals surface area contributed by atoms with Crippen LogP contribution in [0.5, 0.6) is 0 Å². The minimum Gasteiger partial charge on any atom is -0.385 e. The third-order valence-corrected chi connectivity index (χ3v) is 5.07. The highest BCUT2D eigenvalue weighted by Crippen LogP contribution is 2.21. The van der Waals surface area contributed by atoms with Gasteiger partial charge in [-0.1, -0.05) is 42.5 Å². The summed E-state index contributed by atoms with van der Waals surface area (Å²) in [5.74, 6) is 0.870. The van der Waals surface area contributed by atoms with E-state index in [9.17, 15) is 0 Å². The topological polar surface area (TPSA) is 15.3 Å². The first-order valence-corrected chi connectivity index (χ1v) is 9.36. The van der Waals surface area contributed by atoms with Crippen molar-refractivity contribution < 1.29 is 0 Å². The van der Waals surface area contributed by atoms with Crippen LogP contribution in [-0.2, 0) is 6.42 Å². The maximum Gasteiger partial charge on any atom is 0.0342 e. The van der Waals surface area contributed by atoms with Gasteiger partial charge in [0, 0.05) is 12.2 Å². The van der Waals surface area contributed by atoms with Crippen LogP contribution in [0, 0.1) is 12.8 Å². The van der Waals surface area contributed by atoms with Gasteiger partial charge in [-0.2, -0.15) is 0 Å². The molecule has 2 aromatic rings. The Morgan fingerprint density at radius 3 is 2.38 bits per heavy atom. The molecule has 26 heavy (non-hydrogen) atoms. The molecule has 3 rings (SSSR count). The number of anilines is 1. The lowest BCUT2D eigenvalue weighted by molar-refractivity contribution is 0.183. The van der Waals surface area contributed by atoms with E-state index in [1.807, 2.05) is 0 Å². The van der Waals surface area contributed by atoms with Crippen molar-refractivity contribution in [3.05, 3.63) is 65.7 Å². The number of nitrogens with one attached hydrogen (secondary N) is 1. The average Bonchev–Trinajstić information content (AvgIpc) is 2.61. The average molecular weight is 395 g/mol. The summed E-state index contributed by atoms with van der Waals surface area (Å²) in [4.78, 5) is 2.64. The highest BCUT2D eigenvalue weighted by atomic mass is 35.5. The second-order valence-corrected chi connectivity index (χ2v) is 7.12. The molecule has 0 aromatic heterocycles. The zero-order valence-electron chi connectivity index (χ0n) is 15.7. The number of rotatable bonds is 7. The third kappa shape index (κ3) is 7.57. The van der Waals surface area contributed by atoms with E-state index in [1.165, 1.54) is 62.1 Å². The summed E-state index contributed by atoms with van der Waals surface area (Å²) in [7, 11) is 0. The maximum atomic E-state index is 3.54. The molecule has 1 aliphatic heterocycles. The zero-order chi connectivity index (χ0) is 16.6. The van der Waals surface area contributed by atoms with E-state index < -0.39 is 0 Å². The van der Waals surface area contributed by atoms with Crippen LogP contribution in [0.3, 0.4) is 0 Å². The van der Waals surface area contributed by atoms with Gasteiger partial charge in [-0.3, -0.25) is 0 Å². The molecule has 1 aliphatic rings. The van der Waals surface area contributed by atoms with Crippen molar-refractivity contribution in [2.24, 2.45) is 5.92 Å². The minimum atomic E-state index is 0. The van der Waals surface area contributed by atoms with E-state index in [4.69, 9.17) is 0 Å². The predicted molar refractivity (Wildman–Crippen MR) is 118 cm³/mol. The van der Waals surface area contributed by atoms with Crippen LogP contribution >= 0.6 is 24.8 Å². The summed E-state index contributed by atoms with van der Waals surface area (Å²) >= 11 is 0. The molecule has 0 saturated carbocycles. The maximum absolute atomic E-state index is 3.54. The van der Waals surface area contributed by atoms with Crippen molar-refractivity contribution in [2.45, 2.75) is 32.6 Å². The van der Waals surface area contributed by atoms with E-state index in [-0.39, 0.29) is 24.8 Å². The summed E-state index contributed by atoms with van der Waals surface area (Å²) in [5, 5.41) is 3.54. The Bertz CT molecular complexity index is 611. The Morgan fingerprint density at radius 1 is 0.962 bits per heavy atom. The molecular weight excluding hydrogens is 363 g/mol. The number of halogens is 2. The van der Waals surface area contributed by atoms with Crippen molar-refractivity contribution in [2.75, 3.05) is 31.5 Å². The van der Waals surface area contributed by atoms with Crippen LogP contribution < -0.4 is 5.32 Å². The molecule has 2 aromatic carbocycles. The van der Waals surface area contributed by atoms with Crippen molar-refractivity contribution in [3.8, 4) is 0 Å². The van der Waals surface area contributed by atoms with E-state index in [1.54, 1.807) is 0 Å². The third-order valence-electron chi connectivity index (χ3n) is 5.07. The number of hydrogen-bond donors (Lipinski definition) is 1. The Morgan fingerprint density at radius 2 is 1.69 bits per heavy atom. The Balaban J connectivity index is 0.00000169. The number of benzene rings is 2. The summed E-state index contributed by atoms with van der Waals surface area (Å²) in [5.41, 5.74) is 4.07. The largest absolute Gasteiger partial charge is 0.385 e. The van der Waals surface area contributed by atoms with E-state index in [2.05, 4.69) is 71.7 Å². The molecule has 1 fully saturated rings. The summed E-state index contributed by atoms with van der Waals surface area (Å²) in [6.07, 6.45) is 5.17. The molecule has 0 atom stereocenters. The van der Waals surface area contributed by atoms with Gasteiger partial charge in [0.25, 0.3) is 0 Å². The van der Waals surface area contributed by atoms with Gasteiger partial charge >= 0.3 is 0 Å². The number of aryl methyl sites for hydroxylation is 1. The van der Waals surface area contributed by atoms with Crippen LogP contribution in [0.2, 0.25) is 0 Å². The molecule has 0 amide bonds. The molecule has 0 unspecified atom stereocenters. The Hall–Kier alpha value is -1.22. The van der Waals surface area contributed by atoms with Crippen LogP contribution in [0.4, 0.5) is 5.69 Å². The molecule has 0 aliphatic carbocycles. The fourth-order valence-corrected chi connectivity index (χ4v) is 3.65. The van der Waals surface area contributed by atoms with Crippen molar-refractivity contribution in [1.29, 1.82) is 0 Å². The number of hydrogen-bond acceptors (Lipinski definition) is 2. The lowest BCUT2D eigenvalue weighted by atomic mass is 9.90. The standard InChI is InChI=1S/C22H30N2.2ClH/c1-19-7-5-10-22(17-19)23-13-6-14-24-15-11-21(12-16-24)18-20-8-3-2-4-9-20;;/h2-5,7-10,17,21,23H,6,11-16,18H2,1H3;2*1H. The molecule has 1 N–H and O–H groups in total. The predicted octanol–water partition coefficient (Wildman–Crippen LogP) is 5.60. The fraction of sp³-hybridized carbons (Fsp3) is 0.455. The summed E-state index contributed by atoms with van der Waals surface area (Å²) < 4.78 is 0. The normalized spacial score (nSPS) is 15.0. The van der Waals surface area contributed by atoms with Crippen LogP contribution in [0.25, 0.3) is 0 Å². The second kappa shape index (κ2) is 12.2. The molecule has 0 radical (unpaired) electrons. The van der Waals surface area contributed by atoms with Gasteiger partial charge in [-0.25, -0.2) is 0 Å². The fourth-order valence-electron chi connectivity index (χ4n) is 3.65. The molecular formula is C22H32Cl2N2. The Labute approximate surface area is 171 Å². The van der Waals surface area contributed by atoms with Gasteiger partial charge in [-0.05, 0) is 81.4 Å². The molecule has 0 bridgehead atoms. The van der Waals surface area contributed by atoms with Gasteiger partial charge in [-0.15, -0.1) is 24.8 Å². The molecule has 0 spiro atoms. The van der Waals surface area contributed by atoms with Gasteiger partial charge in [0.05, 0.1) is 0 Å². The second-order valence-electron chi connectivity index (χ2n) is 7.12. The Kier molecular flexibility index (Phi) is 10.7. The molecule has 4 heteroatoms. The van der Waals surface area contributed by atoms with Crippen LogP contribution in [0.15, 0.2) is 54.6 Å². The van der Waals surface area contributed by atoms with E-state index >= 15 is 0 Å². The van der Waals surface area contributed by atoms with Gasteiger partial charge in [0.2, 0.25) is 0 Å². The smallest absolute Gasteiger partial charge is 0.0342 e. The molecule has 2 nitrogen and oxygen atoms in total. The van der Waals surface area contributed by atoms with Crippen molar-refractivity contribution in [3.63, 3.8) is 0 Å². The summed E-state index contributed by atoms with van der Waals surface area (Å²) in [6.45, 7) is 6.96. The first kappa shape index (κ1) is 22.8.